The van der Waals surface area contributed by atoms with E-state index in [1.54, 1.807) is 18.4 Å². The van der Waals surface area contributed by atoms with Gasteiger partial charge in [-0.3, -0.25) is 4.98 Å². The fourth-order valence-corrected chi connectivity index (χ4v) is 4.78. The van der Waals surface area contributed by atoms with Crippen molar-refractivity contribution in [3.63, 3.8) is 0 Å². The largest absolute Gasteiger partial charge is 0.512 e. The number of aliphatic hydroxyl groups excluding tert-OH is 1. The molecule has 38 heavy (non-hydrogen) atoms. The number of nitriles is 1. The van der Waals surface area contributed by atoms with Gasteiger partial charge in [-0.2, -0.15) is 31.1 Å². The molecule has 0 saturated heterocycles. The Balaban J connectivity index is 0.00000172. The third-order valence-electron chi connectivity index (χ3n) is 5.56. The van der Waals surface area contributed by atoms with E-state index in [0.717, 1.165) is 38.1 Å². The van der Waals surface area contributed by atoms with Crippen molar-refractivity contribution in [3.05, 3.63) is 46.5 Å². The van der Waals surface area contributed by atoms with E-state index in [4.69, 9.17) is 0 Å². The lowest BCUT2D eigenvalue weighted by Gasteiger charge is -2.29. The number of allylic oxidation sites excluding steroid dienone is 1. The minimum absolute atomic E-state index is 0.0388. The number of halogens is 5. The number of nitrogens with zero attached hydrogens (tertiary/aromatic N) is 3. The molecule has 2 heterocycles. The minimum atomic E-state index is -4.36. The Bertz CT molecular complexity index is 1230. The number of nitrogens with one attached hydrogen (secondary N) is 1. The maximum absolute atomic E-state index is 14.4. The molecule has 0 bridgehead atoms. The number of alkyl halides is 3. The summed E-state index contributed by atoms with van der Waals surface area (Å²) in [5, 5.41) is 20.2. The van der Waals surface area contributed by atoms with E-state index in [0.29, 0.717) is 39.5 Å². The number of aliphatic hydroxyl groups is 1. The van der Waals surface area contributed by atoms with Crippen LogP contribution < -0.4 is 15.3 Å². The van der Waals surface area contributed by atoms with Crippen LogP contribution in [0.2, 0.25) is 0 Å². The van der Waals surface area contributed by atoms with Crippen LogP contribution in [0, 0.1) is 11.3 Å². The molecule has 0 amide bonds. The number of hydrogen-bond donors (Lipinski definition) is 3. The second kappa shape index (κ2) is 16.2. The standard InChI is InChI=1S/C23H23BrF4N4OS.C2H6.CH4S/c1-3-5-19-20(21(24)17(25)12-33)16(10-29)22(32(19)14-6-4-7-14)18-9-8-15(11-30-18)34-31-13(2)23(26,27)28;2*1-2/h5,8-9,11-14,31,33H,3-4,6-7H2,1-2H3;1-2H3;2H,1H3/b17-12-,19-5+,21-20+;;/t13-;;/m0../s1. The highest BCUT2D eigenvalue weighted by atomic mass is 79.9. The molecule has 5 nitrogen and oxygen atoms in total. The van der Waals surface area contributed by atoms with Gasteiger partial charge in [-0.05, 0) is 78.9 Å². The fourth-order valence-electron chi connectivity index (χ4n) is 3.59. The molecule has 0 unspecified atom stereocenters. The van der Waals surface area contributed by atoms with E-state index >= 15 is 0 Å². The zero-order valence-electron chi connectivity index (χ0n) is 21.9. The lowest BCUT2D eigenvalue weighted by molar-refractivity contribution is -0.146. The first-order chi connectivity index (χ1) is 18.1. The van der Waals surface area contributed by atoms with Crippen LogP contribution in [0.3, 0.4) is 0 Å². The second-order valence-corrected chi connectivity index (χ2v) is 9.52. The summed E-state index contributed by atoms with van der Waals surface area (Å²) >= 11 is 7.54. The summed E-state index contributed by atoms with van der Waals surface area (Å²) in [4.78, 5) is 4.90. The number of aromatic nitrogens is 2. The normalized spacial score (nSPS) is 15.8. The molecule has 2 N–H and O–H groups in total. The molecule has 2 aromatic rings. The first-order valence-electron chi connectivity index (χ1n) is 12.1. The van der Waals surface area contributed by atoms with Crippen LogP contribution in [-0.2, 0) is 0 Å². The van der Waals surface area contributed by atoms with Crippen molar-refractivity contribution in [2.75, 3.05) is 6.26 Å². The highest BCUT2D eigenvalue weighted by Crippen LogP contribution is 2.35. The van der Waals surface area contributed by atoms with Crippen LogP contribution in [0.5, 0.6) is 0 Å². The number of thiol groups is 1. The lowest BCUT2D eigenvalue weighted by atomic mass is 9.92. The van der Waals surface area contributed by atoms with Gasteiger partial charge in [0.05, 0.1) is 21.4 Å². The molecule has 1 fully saturated rings. The monoisotopic (exact) mass is 636 g/mol. The molecule has 0 spiro atoms. The molecule has 210 valence electrons. The topological polar surface area (TPSA) is 73.9 Å². The van der Waals surface area contributed by atoms with E-state index in [-0.39, 0.29) is 16.1 Å². The second-order valence-electron chi connectivity index (χ2n) is 7.82. The van der Waals surface area contributed by atoms with E-state index < -0.39 is 18.0 Å². The third kappa shape index (κ3) is 8.04. The number of rotatable bonds is 7. The highest BCUT2D eigenvalue weighted by molar-refractivity contribution is 9.15. The van der Waals surface area contributed by atoms with Crippen molar-refractivity contribution in [2.45, 2.75) is 76.5 Å². The van der Waals surface area contributed by atoms with E-state index in [9.17, 15) is 27.9 Å². The fraction of sp³-hybridized carbons (Fsp3) is 0.462. The molecular formula is C26H33BrF4N4OS2. The van der Waals surface area contributed by atoms with Crippen LogP contribution >= 0.6 is 40.5 Å². The van der Waals surface area contributed by atoms with Gasteiger partial charge in [0.1, 0.15) is 18.4 Å². The summed E-state index contributed by atoms with van der Waals surface area (Å²) < 4.78 is 56.9. The van der Waals surface area contributed by atoms with Gasteiger partial charge in [-0.25, -0.2) is 9.11 Å². The van der Waals surface area contributed by atoms with Crippen LogP contribution in [0.15, 0.2) is 35.3 Å². The molecule has 1 aliphatic carbocycles. The number of pyridine rings is 1. The van der Waals surface area contributed by atoms with Crippen molar-refractivity contribution in [1.29, 1.82) is 5.26 Å². The van der Waals surface area contributed by atoms with Crippen molar-refractivity contribution >= 4 is 51.1 Å². The molecule has 1 saturated carbocycles. The first-order valence-corrected chi connectivity index (χ1v) is 14.6. The molecule has 12 heteroatoms. The quantitative estimate of drug-likeness (QED) is 0.128. The summed E-state index contributed by atoms with van der Waals surface area (Å²) in [7, 11) is 0. The smallest absolute Gasteiger partial charge is 0.404 e. The van der Waals surface area contributed by atoms with Gasteiger partial charge >= 0.3 is 6.18 Å². The van der Waals surface area contributed by atoms with Crippen molar-refractivity contribution in [3.8, 4) is 17.5 Å². The predicted molar refractivity (Wildman–Crippen MR) is 154 cm³/mol. The van der Waals surface area contributed by atoms with Gasteiger partial charge < -0.3 is 9.67 Å². The maximum Gasteiger partial charge on any atom is 0.404 e. The molecule has 0 aliphatic heterocycles. The molecule has 0 radical (unpaired) electrons. The molecule has 2 aromatic heterocycles. The van der Waals surface area contributed by atoms with Crippen molar-refractivity contribution in [1.82, 2.24) is 14.3 Å². The Hall–Kier alpha value is -1.94. The summed E-state index contributed by atoms with van der Waals surface area (Å²) in [5.74, 6) is -0.913. The predicted octanol–water partition coefficient (Wildman–Crippen LogP) is 7.33. The summed E-state index contributed by atoms with van der Waals surface area (Å²) in [5.41, 5.74) is 1.16. The average Bonchev–Trinajstić information content (AvgIpc) is 3.20. The van der Waals surface area contributed by atoms with Crippen LogP contribution in [0.25, 0.3) is 21.9 Å². The summed E-state index contributed by atoms with van der Waals surface area (Å²) in [6.07, 6.45) is 4.43. The SMILES string of the molecule is CC.CC\C=c1/c(=C(Br)\C(F)=C\O)c(C#N)c(-c2ccc(SN[C@@H](C)C(F)(F)F)cn2)n1C1CCC1.CS. The first kappa shape index (κ1) is 34.1. The van der Waals surface area contributed by atoms with Crippen LogP contribution in [0.1, 0.15) is 65.0 Å². The Morgan fingerprint density at radius 2 is 2.00 bits per heavy atom. The Kier molecular flexibility index (Phi) is 14.6. The summed E-state index contributed by atoms with van der Waals surface area (Å²) in [6.45, 7) is 6.96. The van der Waals surface area contributed by atoms with Gasteiger partial charge in [-0.1, -0.05) is 26.8 Å². The van der Waals surface area contributed by atoms with Gasteiger partial charge in [0.15, 0.2) is 5.83 Å². The van der Waals surface area contributed by atoms with Crippen molar-refractivity contribution < 1.29 is 22.7 Å². The Morgan fingerprint density at radius 3 is 2.42 bits per heavy atom. The highest BCUT2D eigenvalue weighted by Gasteiger charge is 2.36. The van der Waals surface area contributed by atoms with Gasteiger partial charge in [-0.15, -0.1) is 0 Å². The van der Waals surface area contributed by atoms with E-state index in [2.05, 4.69) is 44.3 Å². The third-order valence-corrected chi connectivity index (χ3v) is 7.28. The lowest BCUT2D eigenvalue weighted by Crippen LogP contribution is -2.35. The van der Waals surface area contributed by atoms with Crippen LogP contribution in [0.4, 0.5) is 17.6 Å². The Labute approximate surface area is 239 Å². The molecule has 1 aliphatic rings. The molecule has 0 aromatic carbocycles. The van der Waals surface area contributed by atoms with E-state index in [1.165, 1.54) is 6.20 Å². The van der Waals surface area contributed by atoms with Gasteiger partial charge in [0.2, 0.25) is 0 Å². The van der Waals surface area contributed by atoms with Gasteiger partial charge in [0.25, 0.3) is 0 Å². The van der Waals surface area contributed by atoms with Gasteiger partial charge in [0, 0.05) is 27.7 Å². The van der Waals surface area contributed by atoms with E-state index in [1.807, 2.05) is 31.4 Å². The zero-order chi connectivity index (χ0) is 29.0. The molecule has 1 atom stereocenters. The van der Waals surface area contributed by atoms with Crippen molar-refractivity contribution in [2.24, 2.45) is 0 Å². The molecular weight excluding hydrogens is 604 g/mol. The summed E-state index contributed by atoms with van der Waals surface area (Å²) in [6, 6.07) is 3.83. The minimum Gasteiger partial charge on any atom is -0.512 e. The Morgan fingerprint density at radius 1 is 1.37 bits per heavy atom. The maximum atomic E-state index is 14.4. The van der Waals surface area contributed by atoms with Crippen LogP contribution in [-0.4, -0.2) is 33.1 Å². The average molecular weight is 638 g/mol. The number of hydrogen-bond acceptors (Lipinski definition) is 6. The molecule has 3 rings (SSSR count). The zero-order valence-corrected chi connectivity index (χ0v) is 25.2.